The SMILES string of the molecule is CCCCCCP(=O)(CCC)[O][Al]([O]P(=O)(CCC)CCCCCC)[O]P(=O)(CCC)CCCCCC. The lowest BCUT2D eigenvalue weighted by Gasteiger charge is -2.29. The zero-order valence-corrected chi connectivity index (χ0v) is 29.1. The lowest BCUT2D eigenvalue weighted by Crippen LogP contribution is -2.27. The third kappa shape index (κ3) is 19.0. The van der Waals surface area contributed by atoms with E-state index in [9.17, 15) is 13.7 Å². The standard InChI is InChI=1S/3C9H21O2P.Al/c3*1-3-5-6-7-9-12(10,11)8-4-2;/h3*3-9H2,1-2H3,(H,10,11);/q;;;+3/p-3. The third-order valence-corrected chi connectivity index (χ3v) is 19.6. The average Bonchev–Trinajstić information content (AvgIpc) is 2.83. The second-order valence-corrected chi connectivity index (χ2v) is 21.2. The van der Waals surface area contributed by atoms with E-state index < -0.39 is 37.3 Å². The molecule has 37 heavy (non-hydrogen) atoms. The first-order chi connectivity index (χ1) is 17.6. The first kappa shape index (κ1) is 38.1. The average molecular weight is 601 g/mol. The van der Waals surface area contributed by atoms with Gasteiger partial charge in [0.1, 0.15) is 0 Å². The summed E-state index contributed by atoms with van der Waals surface area (Å²) < 4.78 is 60.7. The predicted molar refractivity (Wildman–Crippen MR) is 164 cm³/mol. The molecular weight excluding hydrogens is 540 g/mol. The molecule has 0 saturated carbocycles. The Bertz CT molecular complexity index is 601. The van der Waals surface area contributed by atoms with Crippen LogP contribution >= 0.6 is 22.1 Å². The highest BCUT2D eigenvalue weighted by Crippen LogP contribution is 2.58. The van der Waals surface area contributed by atoms with E-state index in [1.807, 2.05) is 20.8 Å². The number of unbranched alkanes of at least 4 members (excludes halogenated alkanes) is 9. The molecule has 3 atom stereocenters. The van der Waals surface area contributed by atoms with E-state index in [2.05, 4.69) is 20.8 Å². The van der Waals surface area contributed by atoms with Gasteiger partial charge in [-0.1, -0.05) is 99.3 Å². The molecule has 6 nitrogen and oxygen atoms in total. The highest BCUT2D eigenvalue weighted by Gasteiger charge is 2.48. The molecule has 0 fully saturated rings. The number of rotatable bonds is 27. The van der Waals surface area contributed by atoms with Crippen LogP contribution < -0.4 is 0 Å². The maximum Gasteiger partial charge on any atom is 0.921 e. The zero-order chi connectivity index (χ0) is 28.0. The van der Waals surface area contributed by atoms with Crippen molar-refractivity contribution in [1.82, 2.24) is 0 Å². The van der Waals surface area contributed by atoms with Crippen LogP contribution in [0.3, 0.4) is 0 Å². The van der Waals surface area contributed by atoms with Crippen molar-refractivity contribution in [2.24, 2.45) is 0 Å². The molecule has 0 aromatic heterocycles. The van der Waals surface area contributed by atoms with E-state index in [4.69, 9.17) is 10.7 Å². The Balaban J connectivity index is 5.89. The van der Waals surface area contributed by atoms with Gasteiger partial charge in [-0.3, -0.25) is 13.7 Å². The van der Waals surface area contributed by atoms with Gasteiger partial charge in [0.05, 0.1) is 0 Å². The van der Waals surface area contributed by atoms with Crippen LogP contribution in [-0.4, -0.2) is 52.1 Å². The van der Waals surface area contributed by atoms with Gasteiger partial charge in [0, 0.05) is 37.0 Å². The van der Waals surface area contributed by atoms with E-state index in [-0.39, 0.29) is 0 Å². The minimum atomic E-state index is -3.17. The summed E-state index contributed by atoms with van der Waals surface area (Å²) in [6.07, 6.45) is 17.2. The maximum atomic E-state index is 13.9. The molecule has 10 heteroatoms. The fourth-order valence-electron chi connectivity index (χ4n) is 4.54. The summed E-state index contributed by atoms with van der Waals surface area (Å²) in [5, 5.41) is 0. The summed E-state index contributed by atoms with van der Waals surface area (Å²) in [6, 6.07) is 0. The number of hydrogen-bond acceptors (Lipinski definition) is 6. The molecule has 0 aliphatic rings. The molecule has 0 aliphatic carbocycles. The Labute approximate surface area is 235 Å². The Morgan fingerprint density at radius 3 is 0.865 bits per heavy atom. The summed E-state index contributed by atoms with van der Waals surface area (Å²) >= 11 is -3.17. The quantitative estimate of drug-likeness (QED) is 0.0530. The van der Waals surface area contributed by atoms with Crippen LogP contribution in [0.15, 0.2) is 0 Å². The summed E-state index contributed by atoms with van der Waals surface area (Å²) in [4.78, 5) is 0. The van der Waals surface area contributed by atoms with E-state index >= 15 is 0 Å². The van der Waals surface area contributed by atoms with Crippen molar-refractivity contribution < 1.29 is 24.4 Å². The van der Waals surface area contributed by atoms with Gasteiger partial charge in [-0.15, -0.1) is 0 Å². The monoisotopic (exact) mass is 600 g/mol. The second kappa shape index (κ2) is 22.8. The fraction of sp³-hybridized carbons (Fsp3) is 1.00. The van der Waals surface area contributed by atoms with Gasteiger partial charge in [-0.05, 0) is 38.5 Å². The van der Waals surface area contributed by atoms with Crippen molar-refractivity contribution in [3.8, 4) is 0 Å². The van der Waals surface area contributed by atoms with Gasteiger partial charge >= 0.3 is 15.1 Å². The maximum absolute atomic E-state index is 13.9. The minimum Gasteiger partial charge on any atom is -0.405 e. The lowest BCUT2D eigenvalue weighted by molar-refractivity contribution is 0.303. The van der Waals surface area contributed by atoms with Crippen LogP contribution in [0.1, 0.15) is 138 Å². The molecule has 0 bridgehead atoms. The molecule has 0 aliphatic heterocycles. The highest BCUT2D eigenvalue weighted by molar-refractivity contribution is 7.63. The van der Waals surface area contributed by atoms with Crippen LogP contribution in [0.25, 0.3) is 0 Å². The van der Waals surface area contributed by atoms with Crippen LogP contribution in [0.5, 0.6) is 0 Å². The molecule has 0 rings (SSSR count). The minimum absolute atomic E-state index is 0.457. The Kier molecular flexibility index (Phi) is 23.4. The molecule has 0 spiro atoms. The van der Waals surface area contributed by atoms with Gasteiger partial charge < -0.3 is 10.7 Å². The van der Waals surface area contributed by atoms with Crippen molar-refractivity contribution in [2.75, 3.05) is 37.0 Å². The molecule has 222 valence electrons. The van der Waals surface area contributed by atoms with Gasteiger partial charge in [0.25, 0.3) is 0 Å². The van der Waals surface area contributed by atoms with Gasteiger partial charge in [-0.2, -0.15) is 0 Å². The van der Waals surface area contributed by atoms with Crippen molar-refractivity contribution >= 4 is 37.3 Å². The van der Waals surface area contributed by atoms with Crippen LogP contribution in [-0.2, 0) is 24.4 Å². The second-order valence-electron chi connectivity index (χ2n) is 10.6. The Morgan fingerprint density at radius 2 is 0.649 bits per heavy atom. The van der Waals surface area contributed by atoms with Crippen molar-refractivity contribution in [1.29, 1.82) is 0 Å². The molecule has 0 aromatic rings. The van der Waals surface area contributed by atoms with Crippen molar-refractivity contribution in [3.63, 3.8) is 0 Å². The van der Waals surface area contributed by atoms with Crippen LogP contribution in [0.2, 0.25) is 0 Å². The predicted octanol–water partition coefficient (Wildman–Crippen LogP) is 10.8. The number of hydrogen-bond donors (Lipinski definition) is 0. The first-order valence-electron chi connectivity index (χ1n) is 15.4. The molecular formula is C27H60AlO6P3. The Morgan fingerprint density at radius 1 is 0.378 bits per heavy atom. The van der Waals surface area contributed by atoms with Crippen molar-refractivity contribution in [2.45, 2.75) is 138 Å². The molecule has 3 unspecified atom stereocenters. The molecule has 0 amide bonds. The molecule has 0 aromatic carbocycles. The van der Waals surface area contributed by atoms with Gasteiger partial charge in [0.2, 0.25) is 0 Å². The summed E-state index contributed by atoms with van der Waals surface area (Å²) in [7, 11) is -9.09. The van der Waals surface area contributed by atoms with Crippen molar-refractivity contribution in [3.05, 3.63) is 0 Å². The van der Waals surface area contributed by atoms with Crippen LogP contribution in [0, 0.1) is 0 Å². The summed E-state index contributed by atoms with van der Waals surface area (Å²) in [6.45, 7) is 12.5. The lowest BCUT2D eigenvalue weighted by atomic mass is 10.2. The van der Waals surface area contributed by atoms with Gasteiger partial charge in [-0.25, -0.2) is 0 Å². The fourth-order valence-corrected chi connectivity index (χ4v) is 17.2. The summed E-state index contributed by atoms with van der Waals surface area (Å²) in [5.41, 5.74) is 0. The van der Waals surface area contributed by atoms with Crippen LogP contribution in [0.4, 0.5) is 0 Å². The van der Waals surface area contributed by atoms with Gasteiger partial charge in [0.15, 0.2) is 22.1 Å². The Hall–Kier alpha value is 1.10. The topological polar surface area (TPSA) is 78.9 Å². The molecule has 0 radical (unpaired) electrons. The zero-order valence-electron chi connectivity index (χ0n) is 25.2. The van der Waals surface area contributed by atoms with E-state index in [0.717, 1.165) is 96.3 Å². The molecule has 0 N–H and O–H groups in total. The molecule has 0 saturated heterocycles. The first-order valence-corrected chi connectivity index (χ1v) is 22.8. The summed E-state index contributed by atoms with van der Waals surface area (Å²) in [5.74, 6) is 0. The normalized spacial score (nSPS) is 16.7. The van der Waals surface area contributed by atoms with E-state index in [1.165, 1.54) is 0 Å². The van der Waals surface area contributed by atoms with E-state index in [1.54, 1.807) is 0 Å². The van der Waals surface area contributed by atoms with E-state index in [0.29, 0.717) is 37.0 Å². The largest absolute Gasteiger partial charge is 0.921 e. The highest BCUT2D eigenvalue weighted by atomic mass is 31.2. The smallest absolute Gasteiger partial charge is 0.405 e. The third-order valence-electron chi connectivity index (χ3n) is 6.58. The molecule has 0 heterocycles.